The highest BCUT2D eigenvalue weighted by Crippen LogP contribution is 2.40. The molecule has 104 valence electrons. The van der Waals surface area contributed by atoms with Crippen molar-refractivity contribution < 1.29 is 14.3 Å². The minimum atomic E-state index is -0.517. The number of rotatable bonds is 3. The first-order valence-electron chi connectivity index (χ1n) is 5.97. The van der Waals surface area contributed by atoms with Crippen LogP contribution >= 0.6 is 11.3 Å². The third-order valence-electron chi connectivity index (χ3n) is 3.15. The van der Waals surface area contributed by atoms with Crippen LogP contribution in [0.5, 0.6) is 0 Å². The van der Waals surface area contributed by atoms with Gasteiger partial charge in [0.1, 0.15) is 10.6 Å². The van der Waals surface area contributed by atoms with Crippen LogP contribution in [0.1, 0.15) is 33.4 Å². The first kappa shape index (κ1) is 13.8. The molecular weight excluding hydrogens is 266 g/mol. The maximum Gasteiger partial charge on any atom is 0.343 e. The van der Waals surface area contributed by atoms with E-state index in [9.17, 15) is 9.59 Å². The lowest BCUT2D eigenvalue weighted by Gasteiger charge is -2.17. The summed E-state index contributed by atoms with van der Waals surface area (Å²) < 4.78 is 4.76. The molecule has 0 bridgehead atoms. The van der Waals surface area contributed by atoms with Crippen LogP contribution < -0.4 is 16.4 Å². The van der Waals surface area contributed by atoms with E-state index in [0.717, 1.165) is 13.0 Å². The number of nitrogens with two attached hydrogens (primary N) is 2. The molecule has 1 aromatic heterocycles. The highest BCUT2D eigenvalue weighted by Gasteiger charge is 2.30. The highest BCUT2D eigenvalue weighted by molar-refractivity contribution is 7.19. The summed E-state index contributed by atoms with van der Waals surface area (Å²) in [4.78, 5) is 25.8. The second-order valence-corrected chi connectivity index (χ2v) is 5.57. The minimum Gasteiger partial charge on any atom is -0.465 e. The number of nitrogens with zero attached hydrogens (tertiary/aromatic N) is 1. The third-order valence-corrected chi connectivity index (χ3v) is 4.51. The van der Waals surface area contributed by atoms with Crippen LogP contribution in [0.3, 0.4) is 0 Å². The van der Waals surface area contributed by atoms with Gasteiger partial charge in [-0.15, -0.1) is 11.3 Å². The van der Waals surface area contributed by atoms with E-state index >= 15 is 0 Å². The molecule has 1 aromatic rings. The number of methoxy groups -OCH3 is 1. The second-order valence-electron chi connectivity index (χ2n) is 4.57. The zero-order valence-corrected chi connectivity index (χ0v) is 11.8. The average molecular weight is 283 g/mol. The zero-order chi connectivity index (χ0) is 14.2. The Kier molecular flexibility index (Phi) is 3.77. The van der Waals surface area contributed by atoms with Crippen molar-refractivity contribution in [1.82, 2.24) is 0 Å². The number of carbonyl (C=O) groups is 2. The molecule has 6 nitrogen and oxygen atoms in total. The Morgan fingerprint density at radius 1 is 1.47 bits per heavy atom. The predicted molar refractivity (Wildman–Crippen MR) is 74.9 cm³/mol. The molecular formula is C12H17N3O3S. The van der Waals surface area contributed by atoms with Crippen LogP contribution in [0.15, 0.2) is 0 Å². The number of Topliss-reactive ketones (excluding diaryl/α,β-unsaturated/α-hetero) is 1. The zero-order valence-electron chi connectivity index (χ0n) is 10.9. The van der Waals surface area contributed by atoms with E-state index in [1.54, 1.807) is 0 Å². The van der Waals surface area contributed by atoms with Gasteiger partial charge in [-0.2, -0.15) is 0 Å². The Labute approximate surface area is 115 Å². The molecule has 0 radical (unpaired) electrons. The lowest BCUT2D eigenvalue weighted by atomic mass is 10.2. The first-order chi connectivity index (χ1) is 8.95. The molecule has 0 spiro atoms. The molecule has 0 aliphatic carbocycles. The maximum atomic E-state index is 11.9. The summed E-state index contributed by atoms with van der Waals surface area (Å²) >= 11 is 1.23. The van der Waals surface area contributed by atoms with Gasteiger partial charge in [-0.3, -0.25) is 4.79 Å². The van der Waals surface area contributed by atoms with Gasteiger partial charge in [0.15, 0.2) is 5.78 Å². The van der Waals surface area contributed by atoms with E-state index in [-0.39, 0.29) is 23.1 Å². The SMILES string of the molecule is COC(=O)c1c(N2CCC(N)C2)sc(C(C)=O)c1N. The van der Waals surface area contributed by atoms with Crippen molar-refractivity contribution in [3.05, 3.63) is 10.4 Å². The second kappa shape index (κ2) is 5.18. The Bertz CT molecular complexity index is 527. The van der Waals surface area contributed by atoms with Gasteiger partial charge >= 0.3 is 5.97 Å². The van der Waals surface area contributed by atoms with Crippen LogP contribution in [0, 0.1) is 0 Å². The number of ketones is 1. The number of anilines is 2. The Morgan fingerprint density at radius 3 is 2.63 bits per heavy atom. The first-order valence-corrected chi connectivity index (χ1v) is 6.79. The fourth-order valence-corrected chi connectivity index (χ4v) is 3.33. The number of nitrogen functional groups attached to an aromatic ring is 1. The van der Waals surface area contributed by atoms with Gasteiger partial charge in [-0.25, -0.2) is 4.79 Å². The predicted octanol–water partition coefficient (Wildman–Crippen LogP) is 0.857. The van der Waals surface area contributed by atoms with Crippen molar-refractivity contribution in [3.8, 4) is 0 Å². The summed E-state index contributed by atoms with van der Waals surface area (Å²) in [6.45, 7) is 2.84. The fourth-order valence-electron chi connectivity index (χ4n) is 2.19. The molecule has 2 heterocycles. The molecule has 1 atom stereocenters. The monoisotopic (exact) mass is 283 g/mol. The van der Waals surface area contributed by atoms with E-state index in [4.69, 9.17) is 16.2 Å². The Balaban J connectivity index is 2.49. The molecule has 0 aromatic carbocycles. The molecule has 7 heteroatoms. The number of esters is 1. The topological polar surface area (TPSA) is 98.6 Å². The van der Waals surface area contributed by atoms with Gasteiger partial charge in [-0.05, 0) is 6.42 Å². The minimum absolute atomic E-state index is 0.0783. The molecule has 19 heavy (non-hydrogen) atoms. The van der Waals surface area contributed by atoms with Gasteiger partial charge in [0.2, 0.25) is 0 Å². The molecule has 4 N–H and O–H groups in total. The van der Waals surface area contributed by atoms with Crippen molar-refractivity contribution in [2.75, 3.05) is 30.8 Å². The van der Waals surface area contributed by atoms with Gasteiger partial charge in [-0.1, -0.05) is 0 Å². The lowest BCUT2D eigenvalue weighted by Crippen LogP contribution is -2.26. The number of ether oxygens (including phenoxy) is 1. The van der Waals surface area contributed by atoms with Crippen LogP contribution in [-0.2, 0) is 4.74 Å². The molecule has 1 unspecified atom stereocenters. The average Bonchev–Trinajstić information content (AvgIpc) is 2.92. The van der Waals surface area contributed by atoms with Crippen molar-refractivity contribution in [1.29, 1.82) is 0 Å². The smallest absolute Gasteiger partial charge is 0.343 e. The van der Waals surface area contributed by atoms with Gasteiger partial charge in [0.25, 0.3) is 0 Å². The molecule has 1 fully saturated rings. The van der Waals surface area contributed by atoms with E-state index in [1.807, 2.05) is 4.90 Å². The normalized spacial score (nSPS) is 18.7. The highest BCUT2D eigenvalue weighted by atomic mass is 32.1. The van der Waals surface area contributed by atoms with Crippen molar-refractivity contribution in [3.63, 3.8) is 0 Å². The van der Waals surface area contributed by atoms with Crippen molar-refractivity contribution in [2.24, 2.45) is 5.73 Å². The lowest BCUT2D eigenvalue weighted by molar-refractivity contribution is 0.0603. The third kappa shape index (κ3) is 2.43. The summed E-state index contributed by atoms with van der Waals surface area (Å²) in [6, 6.07) is 0.0783. The van der Waals surface area contributed by atoms with E-state index in [1.165, 1.54) is 25.4 Å². The Morgan fingerprint density at radius 2 is 2.16 bits per heavy atom. The number of hydrogen-bond donors (Lipinski definition) is 2. The standard InChI is InChI=1S/C12H17N3O3S/c1-6(16)10-9(14)8(12(17)18-2)11(19-10)15-4-3-7(13)5-15/h7H,3-5,13-14H2,1-2H3. The Hall–Kier alpha value is -1.60. The van der Waals surface area contributed by atoms with Crippen molar-refractivity contribution in [2.45, 2.75) is 19.4 Å². The summed E-state index contributed by atoms with van der Waals surface area (Å²) in [5.41, 5.74) is 12.3. The molecule has 1 saturated heterocycles. The summed E-state index contributed by atoms with van der Waals surface area (Å²) in [5, 5.41) is 0.683. The maximum absolute atomic E-state index is 11.9. The molecule has 1 aliphatic heterocycles. The molecule has 2 rings (SSSR count). The molecule has 1 aliphatic rings. The quantitative estimate of drug-likeness (QED) is 0.630. The van der Waals surface area contributed by atoms with Crippen LogP contribution in [0.2, 0.25) is 0 Å². The van der Waals surface area contributed by atoms with E-state index in [0.29, 0.717) is 16.4 Å². The van der Waals surface area contributed by atoms with Crippen molar-refractivity contribution >= 4 is 33.8 Å². The van der Waals surface area contributed by atoms with E-state index in [2.05, 4.69) is 0 Å². The summed E-state index contributed by atoms with van der Waals surface area (Å²) in [7, 11) is 1.30. The summed E-state index contributed by atoms with van der Waals surface area (Å²) in [5.74, 6) is -0.667. The van der Waals surface area contributed by atoms with Gasteiger partial charge < -0.3 is 21.1 Å². The largest absolute Gasteiger partial charge is 0.465 e. The molecule has 0 amide bonds. The summed E-state index contributed by atoms with van der Waals surface area (Å²) in [6.07, 6.45) is 0.855. The van der Waals surface area contributed by atoms with Crippen LogP contribution in [0.25, 0.3) is 0 Å². The fraction of sp³-hybridized carbons (Fsp3) is 0.500. The number of hydrogen-bond acceptors (Lipinski definition) is 7. The van der Waals surface area contributed by atoms with Crippen LogP contribution in [0.4, 0.5) is 10.7 Å². The number of thiophene rings is 1. The van der Waals surface area contributed by atoms with Gasteiger partial charge in [0, 0.05) is 26.1 Å². The molecule has 0 saturated carbocycles. The number of carbonyl (C=O) groups excluding carboxylic acids is 2. The van der Waals surface area contributed by atoms with E-state index < -0.39 is 5.97 Å². The van der Waals surface area contributed by atoms with Crippen LogP contribution in [-0.4, -0.2) is 38.0 Å². The van der Waals surface area contributed by atoms with Gasteiger partial charge in [0.05, 0.1) is 17.7 Å².